The Labute approximate surface area is 359 Å². The smallest absolute Gasteiger partial charge is 0.266 e. The van der Waals surface area contributed by atoms with Crippen LogP contribution in [0.5, 0.6) is 0 Å². The van der Waals surface area contributed by atoms with E-state index in [1.165, 1.54) is 29.2 Å². The van der Waals surface area contributed by atoms with Crippen LogP contribution >= 0.6 is 0 Å². The van der Waals surface area contributed by atoms with Gasteiger partial charge in [0.1, 0.15) is 11.6 Å². The number of imide groups is 2. The summed E-state index contributed by atoms with van der Waals surface area (Å²) in [5, 5.41) is 14.6. The van der Waals surface area contributed by atoms with E-state index in [0.717, 1.165) is 16.0 Å². The molecule has 0 atom stereocenters. The number of hydrogen-bond acceptors (Lipinski definition) is 5. The van der Waals surface area contributed by atoms with Crippen molar-refractivity contribution < 1.29 is 33.1 Å². The second kappa shape index (κ2) is 14.2. The molecule has 0 aromatic heterocycles. The number of hydrogen-bond donors (Lipinski definition) is 1. The Morgan fingerprint density at radius 3 is 1.38 bits per heavy atom. The number of para-hydroxylation sites is 2. The fourth-order valence-corrected chi connectivity index (χ4v) is 10.2. The van der Waals surface area contributed by atoms with E-state index >= 15 is 9.59 Å². The number of carbonyl (C=O) groups excluding carboxylic acids is 4. The van der Waals surface area contributed by atoms with Gasteiger partial charge in [0, 0.05) is 39.6 Å². The zero-order valence-corrected chi connectivity index (χ0v) is 34.2. The highest BCUT2D eigenvalue weighted by molar-refractivity contribution is 6.47. The summed E-state index contributed by atoms with van der Waals surface area (Å²) in [6.07, 6.45) is 1.41. The lowest BCUT2D eigenvalue weighted by Gasteiger charge is -2.33. The summed E-state index contributed by atoms with van der Waals surface area (Å²) in [5.74, 6) is -2.92. The molecule has 0 fully saturated rings. The molecule has 4 amide bonds. The Balaban J connectivity index is 1.30. The van der Waals surface area contributed by atoms with Gasteiger partial charge in [0.2, 0.25) is 0 Å². The van der Waals surface area contributed by atoms with E-state index in [1.807, 2.05) is 44.2 Å². The van der Waals surface area contributed by atoms with Crippen molar-refractivity contribution >= 4 is 78.1 Å². The third-order valence-electron chi connectivity index (χ3n) is 13.0. The van der Waals surface area contributed by atoms with Gasteiger partial charge in [0.05, 0.1) is 11.4 Å². The van der Waals surface area contributed by atoms with E-state index in [9.17, 15) is 23.5 Å². The minimum absolute atomic E-state index is 0.188. The van der Waals surface area contributed by atoms with Crippen LogP contribution in [0.25, 0.3) is 65.3 Å². The Bertz CT molecular complexity index is 3460. The van der Waals surface area contributed by atoms with E-state index in [4.69, 9.17) is 0 Å². The van der Waals surface area contributed by atoms with Gasteiger partial charge in [-0.3, -0.25) is 19.2 Å². The number of aliphatic hydroxyl groups excluding tert-OH is 1. The molecule has 0 radical (unpaired) electrons. The number of rotatable bonds is 8. The molecule has 0 saturated heterocycles. The van der Waals surface area contributed by atoms with Crippen LogP contribution in [0, 0.1) is 11.6 Å². The third kappa shape index (κ3) is 5.39. The highest BCUT2D eigenvalue weighted by Gasteiger charge is 2.40. The Kier molecular flexibility index (Phi) is 8.65. The molecule has 0 unspecified atom stereocenters. The monoisotopic (exact) mass is 830 g/mol. The molecule has 11 rings (SSSR count). The predicted octanol–water partition coefficient (Wildman–Crippen LogP) is 11.6. The van der Waals surface area contributed by atoms with Crippen molar-refractivity contribution in [2.45, 2.75) is 33.1 Å². The third-order valence-corrected chi connectivity index (χ3v) is 13.0. The molecule has 63 heavy (non-hydrogen) atoms. The summed E-state index contributed by atoms with van der Waals surface area (Å²) in [6, 6.07) is 35.5. The first-order valence-corrected chi connectivity index (χ1v) is 21.0. The zero-order chi connectivity index (χ0) is 43.4. The fourth-order valence-electron chi connectivity index (χ4n) is 10.2. The van der Waals surface area contributed by atoms with Crippen LogP contribution < -0.4 is 9.80 Å². The Morgan fingerprint density at radius 1 is 0.444 bits per heavy atom. The zero-order valence-electron chi connectivity index (χ0n) is 34.2. The molecule has 0 bridgehead atoms. The average molecular weight is 831 g/mol. The van der Waals surface area contributed by atoms with Crippen molar-refractivity contribution in [3.05, 3.63) is 178 Å². The predicted molar refractivity (Wildman–Crippen MR) is 243 cm³/mol. The number of nitrogens with zero attached hydrogens (tertiary/aromatic N) is 2. The molecule has 9 aromatic rings. The molecule has 306 valence electrons. The van der Waals surface area contributed by atoms with Gasteiger partial charge in [-0.25, -0.2) is 18.6 Å². The SMILES string of the molecule is CCc1cccc(CC)c1N1C(=O)c2ccc3c4c(-c5ccc(F)cc5)cc5c6c(ccc(c7c(-c8ccc(F)cc8)cc(c2c37)C1=O)c64)C(=O)N(c1ccccc1CCO)C5=O. The van der Waals surface area contributed by atoms with Crippen molar-refractivity contribution in [3.8, 4) is 22.3 Å². The summed E-state index contributed by atoms with van der Waals surface area (Å²) >= 11 is 0. The van der Waals surface area contributed by atoms with Gasteiger partial charge < -0.3 is 5.11 Å². The minimum atomic E-state index is -0.560. The molecule has 2 aliphatic heterocycles. The number of anilines is 2. The first-order chi connectivity index (χ1) is 30.6. The molecule has 1 N–H and O–H groups in total. The maximum Gasteiger partial charge on any atom is 0.266 e. The standard InChI is InChI=1S/C54H36F2N2O5/c1-3-28-9-7-10-29(4-2)50(28)58-52(61)38-23-21-36-44-39(30-12-16-33(55)17-13-30)26-41-46-37(51(60)57(53(41)62)43-11-6-5-8-32(43)24-25-59)22-20-35(48(44)46)45-40(31-14-18-34(56)19-15-31)27-42(54(58)63)47(38)49(36)45/h5-23,26-27,59H,3-4,24-25H2,1-2H3. The Morgan fingerprint density at radius 2 is 0.889 bits per heavy atom. The van der Waals surface area contributed by atoms with Gasteiger partial charge in [-0.15, -0.1) is 0 Å². The summed E-state index contributed by atoms with van der Waals surface area (Å²) in [5.41, 5.74) is 6.85. The molecule has 9 heteroatoms. The second-order valence-electron chi connectivity index (χ2n) is 16.2. The highest BCUT2D eigenvalue weighted by atomic mass is 19.1. The molecule has 7 nitrogen and oxygen atoms in total. The van der Waals surface area contributed by atoms with E-state index in [0.29, 0.717) is 106 Å². The maximum atomic E-state index is 15.2. The summed E-state index contributed by atoms with van der Waals surface area (Å²) in [4.78, 5) is 62.4. The van der Waals surface area contributed by atoms with Crippen molar-refractivity contribution in [1.82, 2.24) is 0 Å². The van der Waals surface area contributed by atoms with Gasteiger partial charge in [-0.05, 0) is 145 Å². The van der Waals surface area contributed by atoms with E-state index in [-0.39, 0.29) is 24.2 Å². The average Bonchev–Trinajstić information content (AvgIpc) is 3.30. The lowest BCUT2D eigenvalue weighted by molar-refractivity contribution is 0.0877. The largest absolute Gasteiger partial charge is 0.396 e. The lowest BCUT2D eigenvalue weighted by atomic mass is 9.77. The topological polar surface area (TPSA) is 95.0 Å². The van der Waals surface area contributed by atoms with Crippen molar-refractivity contribution in [1.29, 1.82) is 0 Å². The summed E-state index contributed by atoms with van der Waals surface area (Å²) in [7, 11) is 0. The van der Waals surface area contributed by atoms with Crippen LogP contribution in [0.4, 0.5) is 20.2 Å². The minimum Gasteiger partial charge on any atom is -0.396 e. The van der Waals surface area contributed by atoms with E-state index in [2.05, 4.69) is 0 Å². The summed E-state index contributed by atoms with van der Waals surface area (Å²) in [6.45, 7) is 3.79. The molecular formula is C54H36F2N2O5. The van der Waals surface area contributed by atoms with E-state index in [1.54, 1.807) is 72.8 Å². The number of aliphatic hydroxyl groups is 1. The number of aryl methyl sites for hydroxylation is 2. The molecular weight excluding hydrogens is 795 g/mol. The fraction of sp³-hybridized carbons (Fsp3) is 0.111. The van der Waals surface area contributed by atoms with Crippen LogP contribution in [0.3, 0.4) is 0 Å². The van der Waals surface area contributed by atoms with Crippen molar-refractivity contribution in [3.63, 3.8) is 0 Å². The van der Waals surface area contributed by atoms with Crippen LogP contribution in [0.15, 0.2) is 127 Å². The first-order valence-electron chi connectivity index (χ1n) is 21.0. The quantitative estimate of drug-likeness (QED) is 0.0935. The lowest BCUT2D eigenvalue weighted by Crippen LogP contribution is -2.41. The number of halogens is 2. The summed E-state index contributed by atoms with van der Waals surface area (Å²) < 4.78 is 29.3. The Hall–Kier alpha value is -7.62. The number of benzene rings is 9. The molecule has 2 heterocycles. The van der Waals surface area contributed by atoms with Gasteiger partial charge in [-0.1, -0.05) is 86.6 Å². The van der Waals surface area contributed by atoms with Gasteiger partial charge in [-0.2, -0.15) is 0 Å². The van der Waals surface area contributed by atoms with Crippen molar-refractivity contribution in [2.75, 3.05) is 16.4 Å². The first kappa shape index (κ1) is 38.3. The number of carbonyl (C=O) groups is 4. The van der Waals surface area contributed by atoms with E-state index < -0.39 is 35.3 Å². The number of amides is 4. The number of fused-ring (bicyclic) bond motifs is 2. The highest BCUT2D eigenvalue weighted by Crippen LogP contribution is 2.52. The van der Waals surface area contributed by atoms with Crippen LogP contribution in [0.2, 0.25) is 0 Å². The molecule has 0 aliphatic carbocycles. The van der Waals surface area contributed by atoms with Crippen LogP contribution in [-0.4, -0.2) is 35.3 Å². The van der Waals surface area contributed by atoms with Crippen LogP contribution in [-0.2, 0) is 19.3 Å². The van der Waals surface area contributed by atoms with Gasteiger partial charge in [0.15, 0.2) is 0 Å². The molecule has 0 spiro atoms. The van der Waals surface area contributed by atoms with Gasteiger partial charge >= 0.3 is 0 Å². The molecule has 0 saturated carbocycles. The van der Waals surface area contributed by atoms with Crippen LogP contribution in [0.1, 0.15) is 72.0 Å². The molecule has 9 aromatic carbocycles. The normalized spacial score (nSPS) is 13.8. The second-order valence-corrected chi connectivity index (χ2v) is 16.2. The van der Waals surface area contributed by atoms with Crippen molar-refractivity contribution in [2.24, 2.45) is 0 Å². The maximum absolute atomic E-state index is 15.2. The molecule has 2 aliphatic rings. The van der Waals surface area contributed by atoms with Gasteiger partial charge in [0.25, 0.3) is 23.6 Å².